The first-order valence-corrected chi connectivity index (χ1v) is 7.02. The van der Waals surface area contributed by atoms with Crippen molar-refractivity contribution in [2.75, 3.05) is 13.1 Å². The number of rotatable bonds is 4. The van der Waals surface area contributed by atoms with Crippen molar-refractivity contribution in [3.05, 3.63) is 40.3 Å². The van der Waals surface area contributed by atoms with Crippen LogP contribution in [0.15, 0.2) is 28.8 Å². The molecular weight excluding hydrogens is 272 g/mol. The number of hydrogen-bond donors (Lipinski definition) is 0. The summed E-state index contributed by atoms with van der Waals surface area (Å²) in [5.74, 6) is 0.948. The molecule has 1 saturated heterocycles. The molecule has 7 nitrogen and oxygen atoms in total. The maximum Gasteiger partial charge on any atom is 0.270 e. The summed E-state index contributed by atoms with van der Waals surface area (Å²) in [5.41, 5.74) is 0.618. The van der Waals surface area contributed by atoms with Crippen molar-refractivity contribution in [1.82, 2.24) is 15.0 Å². The SMILES string of the molecule is O=[N+]([O-])c1cccc(-c2noc(CN3CCCCC3)n2)c1. The summed E-state index contributed by atoms with van der Waals surface area (Å²) in [6.45, 7) is 2.74. The lowest BCUT2D eigenvalue weighted by atomic mass is 10.1. The molecule has 1 aliphatic heterocycles. The molecule has 1 aromatic heterocycles. The zero-order valence-electron chi connectivity index (χ0n) is 11.6. The summed E-state index contributed by atoms with van der Waals surface area (Å²) in [4.78, 5) is 17.0. The first-order chi connectivity index (χ1) is 10.2. The third-order valence-electron chi connectivity index (χ3n) is 3.59. The van der Waals surface area contributed by atoms with Gasteiger partial charge >= 0.3 is 0 Å². The van der Waals surface area contributed by atoms with Gasteiger partial charge in [0.25, 0.3) is 5.69 Å². The largest absolute Gasteiger partial charge is 0.338 e. The van der Waals surface area contributed by atoms with Crippen LogP contribution in [0, 0.1) is 10.1 Å². The first kappa shape index (κ1) is 13.7. The molecule has 0 amide bonds. The van der Waals surface area contributed by atoms with Crippen molar-refractivity contribution >= 4 is 5.69 Å². The quantitative estimate of drug-likeness (QED) is 0.635. The number of nitro benzene ring substituents is 1. The van der Waals surface area contributed by atoms with Crippen LogP contribution in [0.3, 0.4) is 0 Å². The molecule has 1 aliphatic rings. The standard InChI is InChI=1S/C14H16N4O3/c19-18(20)12-6-4-5-11(9-12)14-15-13(21-16-14)10-17-7-2-1-3-8-17/h4-6,9H,1-3,7-8,10H2. The third-order valence-corrected chi connectivity index (χ3v) is 3.59. The minimum absolute atomic E-state index is 0.0230. The summed E-state index contributed by atoms with van der Waals surface area (Å²) >= 11 is 0. The molecule has 21 heavy (non-hydrogen) atoms. The van der Waals surface area contributed by atoms with E-state index >= 15 is 0 Å². The van der Waals surface area contributed by atoms with Crippen LogP contribution in [0.4, 0.5) is 5.69 Å². The van der Waals surface area contributed by atoms with Gasteiger partial charge in [0.1, 0.15) is 0 Å². The average molecular weight is 288 g/mol. The zero-order chi connectivity index (χ0) is 14.7. The third kappa shape index (κ3) is 3.25. The van der Waals surface area contributed by atoms with Crippen LogP contribution >= 0.6 is 0 Å². The summed E-state index contributed by atoms with van der Waals surface area (Å²) in [7, 11) is 0. The molecule has 1 aromatic carbocycles. The van der Waals surface area contributed by atoms with E-state index in [9.17, 15) is 10.1 Å². The van der Waals surface area contributed by atoms with Gasteiger partial charge in [0.15, 0.2) is 0 Å². The molecule has 0 spiro atoms. The molecule has 0 bridgehead atoms. The van der Waals surface area contributed by atoms with Crippen molar-refractivity contribution in [3.8, 4) is 11.4 Å². The number of likely N-dealkylation sites (tertiary alicyclic amines) is 1. The van der Waals surface area contributed by atoms with Crippen molar-refractivity contribution < 1.29 is 9.45 Å². The van der Waals surface area contributed by atoms with Gasteiger partial charge < -0.3 is 4.52 Å². The molecule has 7 heteroatoms. The van der Waals surface area contributed by atoms with Gasteiger partial charge in [0.2, 0.25) is 11.7 Å². The second kappa shape index (κ2) is 6.01. The van der Waals surface area contributed by atoms with E-state index in [0.717, 1.165) is 13.1 Å². The zero-order valence-corrected chi connectivity index (χ0v) is 11.6. The van der Waals surface area contributed by atoms with Crippen molar-refractivity contribution in [2.24, 2.45) is 0 Å². The Labute approximate surface area is 121 Å². The van der Waals surface area contributed by atoms with E-state index in [0.29, 0.717) is 23.8 Å². The van der Waals surface area contributed by atoms with Crippen molar-refractivity contribution in [3.63, 3.8) is 0 Å². The van der Waals surface area contributed by atoms with Gasteiger partial charge in [0, 0.05) is 17.7 Å². The smallest absolute Gasteiger partial charge is 0.270 e. The predicted octanol–water partition coefficient (Wildman–Crippen LogP) is 2.63. The summed E-state index contributed by atoms with van der Waals surface area (Å²) < 4.78 is 5.25. The lowest BCUT2D eigenvalue weighted by molar-refractivity contribution is -0.384. The Morgan fingerprint density at radius 2 is 2.10 bits per heavy atom. The number of piperidine rings is 1. The van der Waals surface area contributed by atoms with E-state index in [1.807, 2.05) is 0 Å². The molecule has 3 rings (SSSR count). The van der Waals surface area contributed by atoms with Gasteiger partial charge in [-0.1, -0.05) is 23.7 Å². The Bertz CT molecular complexity index is 635. The highest BCUT2D eigenvalue weighted by Crippen LogP contribution is 2.22. The Balaban J connectivity index is 1.75. The molecule has 0 atom stereocenters. The molecular formula is C14H16N4O3. The molecule has 110 valence electrons. The number of non-ortho nitro benzene ring substituents is 1. The minimum Gasteiger partial charge on any atom is -0.338 e. The molecule has 0 saturated carbocycles. The van der Waals surface area contributed by atoms with Crippen LogP contribution < -0.4 is 0 Å². The second-order valence-electron chi connectivity index (χ2n) is 5.16. The number of aromatic nitrogens is 2. The Hall–Kier alpha value is -2.28. The number of nitro groups is 1. The molecule has 2 heterocycles. The van der Waals surface area contributed by atoms with E-state index in [1.54, 1.807) is 12.1 Å². The average Bonchev–Trinajstić information content (AvgIpc) is 2.97. The van der Waals surface area contributed by atoms with Crippen LogP contribution in [0.25, 0.3) is 11.4 Å². The minimum atomic E-state index is -0.432. The predicted molar refractivity (Wildman–Crippen MR) is 75.5 cm³/mol. The first-order valence-electron chi connectivity index (χ1n) is 7.02. The van der Waals surface area contributed by atoms with Crippen LogP contribution in [-0.2, 0) is 6.54 Å². The highest BCUT2D eigenvalue weighted by Gasteiger charge is 2.16. The van der Waals surface area contributed by atoms with E-state index < -0.39 is 4.92 Å². The Morgan fingerprint density at radius 3 is 2.86 bits per heavy atom. The fourth-order valence-corrected chi connectivity index (χ4v) is 2.50. The molecule has 2 aromatic rings. The van der Waals surface area contributed by atoms with Crippen LogP contribution in [0.1, 0.15) is 25.2 Å². The van der Waals surface area contributed by atoms with E-state index in [2.05, 4.69) is 15.0 Å². The number of nitrogens with zero attached hydrogens (tertiary/aromatic N) is 4. The van der Waals surface area contributed by atoms with E-state index in [1.165, 1.54) is 31.4 Å². The van der Waals surface area contributed by atoms with E-state index in [4.69, 9.17) is 4.52 Å². The van der Waals surface area contributed by atoms with Gasteiger partial charge in [-0.05, 0) is 25.9 Å². The van der Waals surface area contributed by atoms with Crippen molar-refractivity contribution in [1.29, 1.82) is 0 Å². The van der Waals surface area contributed by atoms with Gasteiger partial charge in [0.05, 0.1) is 11.5 Å². The second-order valence-corrected chi connectivity index (χ2v) is 5.16. The van der Waals surface area contributed by atoms with Gasteiger partial charge in [-0.15, -0.1) is 0 Å². The monoisotopic (exact) mass is 288 g/mol. The van der Waals surface area contributed by atoms with Crippen LogP contribution in [0.2, 0.25) is 0 Å². The lowest BCUT2D eigenvalue weighted by Gasteiger charge is -2.24. The van der Waals surface area contributed by atoms with Crippen molar-refractivity contribution in [2.45, 2.75) is 25.8 Å². The molecule has 0 radical (unpaired) electrons. The molecule has 0 unspecified atom stereocenters. The lowest BCUT2D eigenvalue weighted by Crippen LogP contribution is -2.29. The topological polar surface area (TPSA) is 85.3 Å². The molecule has 0 aliphatic carbocycles. The highest BCUT2D eigenvalue weighted by atomic mass is 16.6. The maximum absolute atomic E-state index is 10.8. The summed E-state index contributed by atoms with van der Waals surface area (Å²) in [6, 6.07) is 6.25. The van der Waals surface area contributed by atoms with Gasteiger partial charge in [-0.2, -0.15) is 4.98 Å². The Morgan fingerprint density at radius 1 is 1.29 bits per heavy atom. The Kier molecular flexibility index (Phi) is 3.92. The van der Waals surface area contributed by atoms with Crippen LogP contribution in [0.5, 0.6) is 0 Å². The fraction of sp³-hybridized carbons (Fsp3) is 0.429. The van der Waals surface area contributed by atoms with Gasteiger partial charge in [-0.25, -0.2) is 0 Å². The fourth-order valence-electron chi connectivity index (χ4n) is 2.50. The number of benzene rings is 1. The maximum atomic E-state index is 10.8. The van der Waals surface area contributed by atoms with Crippen LogP contribution in [-0.4, -0.2) is 33.1 Å². The summed E-state index contributed by atoms with van der Waals surface area (Å²) in [6.07, 6.45) is 3.68. The molecule has 1 fully saturated rings. The van der Waals surface area contributed by atoms with E-state index in [-0.39, 0.29) is 5.69 Å². The highest BCUT2D eigenvalue weighted by molar-refractivity contribution is 5.58. The number of hydrogen-bond acceptors (Lipinski definition) is 6. The summed E-state index contributed by atoms with van der Waals surface area (Å²) in [5, 5.41) is 14.7. The van der Waals surface area contributed by atoms with Gasteiger partial charge in [-0.3, -0.25) is 15.0 Å². The molecule has 0 N–H and O–H groups in total. The normalized spacial score (nSPS) is 16.0.